The molecule has 1 saturated carbocycles. The van der Waals surface area contributed by atoms with Gasteiger partial charge in [0.1, 0.15) is 30.1 Å². The fourth-order valence-corrected chi connectivity index (χ4v) is 5.13. The summed E-state index contributed by atoms with van der Waals surface area (Å²) in [6.07, 6.45) is 7.16. The largest absolute Gasteiger partial charge is 0.488 e. The molecule has 2 aromatic heterocycles. The Labute approximate surface area is 209 Å². The maximum absolute atomic E-state index is 12.6. The lowest BCUT2D eigenvalue weighted by Gasteiger charge is -2.35. The van der Waals surface area contributed by atoms with E-state index < -0.39 is 0 Å². The van der Waals surface area contributed by atoms with Crippen LogP contribution in [-0.2, 0) is 16.2 Å². The van der Waals surface area contributed by atoms with Crippen molar-refractivity contribution in [2.24, 2.45) is 5.92 Å². The van der Waals surface area contributed by atoms with Crippen molar-refractivity contribution in [2.75, 3.05) is 18.8 Å². The van der Waals surface area contributed by atoms with Crippen LogP contribution in [-0.4, -0.2) is 38.7 Å². The Kier molecular flexibility index (Phi) is 6.03. The number of carbonyl (C=O) groups is 1. The maximum Gasteiger partial charge on any atom is 0.328 e. The van der Waals surface area contributed by atoms with E-state index in [2.05, 4.69) is 20.7 Å². The molecule has 0 amide bonds. The molecule has 3 heterocycles. The summed E-state index contributed by atoms with van der Waals surface area (Å²) < 4.78 is 8.37. The molecular weight excluding hydrogens is 454 g/mol. The number of anilines is 1. The highest BCUT2D eigenvalue weighted by molar-refractivity contribution is 6.01. The fraction of sp³-hybridized carbons (Fsp3) is 0.321. The first-order valence-corrected chi connectivity index (χ1v) is 12.5. The quantitative estimate of drug-likeness (QED) is 0.405. The van der Waals surface area contributed by atoms with E-state index in [0.717, 1.165) is 59.4 Å². The highest BCUT2D eigenvalue weighted by Gasteiger charge is 2.39. The van der Waals surface area contributed by atoms with Crippen LogP contribution in [0.5, 0.6) is 5.75 Å². The molecule has 2 fully saturated rings. The van der Waals surface area contributed by atoms with Crippen LogP contribution in [0, 0.1) is 5.92 Å². The van der Waals surface area contributed by atoms with Gasteiger partial charge in [0.15, 0.2) is 0 Å². The number of fused-ring (bicyclic) bond motifs is 1. The molecule has 0 radical (unpaired) electrons. The number of nitrogen functional groups attached to an aromatic ring is 1. The smallest absolute Gasteiger partial charge is 0.328 e. The Bertz CT molecular complexity index is 1370. The minimum Gasteiger partial charge on any atom is -0.488 e. The molecule has 2 N–H and O–H groups in total. The van der Waals surface area contributed by atoms with Crippen molar-refractivity contribution in [1.82, 2.24) is 19.6 Å². The first kappa shape index (κ1) is 22.5. The summed E-state index contributed by atoms with van der Waals surface area (Å²) in [6, 6.07) is 18.2. The Hall–Kier alpha value is -3.91. The molecule has 8 heteroatoms. The van der Waals surface area contributed by atoms with Crippen LogP contribution < -0.4 is 10.5 Å². The number of nitrogens with zero attached hydrogens (tertiary/aromatic N) is 4. The van der Waals surface area contributed by atoms with Crippen LogP contribution in [0.25, 0.3) is 22.2 Å². The Morgan fingerprint density at radius 1 is 0.972 bits per heavy atom. The Morgan fingerprint density at radius 3 is 2.53 bits per heavy atom. The van der Waals surface area contributed by atoms with Gasteiger partial charge in [0, 0.05) is 36.5 Å². The summed E-state index contributed by atoms with van der Waals surface area (Å²) in [5.41, 5.74) is 10.1. The number of para-hydroxylation sites is 1. The average Bonchev–Trinajstić information content (AvgIpc) is 3.52. The minimum absolute atomic E-state index is 0.0998. The molecule has 0 atom stereocenters. The molecule has 0 unspecified atom stereocenters. The molecule has 1 aliphatic heterocycles. The molecule has 1 saturated heterocycles. The van der Waals surface area contributed by atoms with Gasteiger partial charge < -0.3 is 19.9 Å². The molecule has 2 aromatic carbocycles. The molecule has 184 valence electrons. The van der Waals surface area contributed by atoms with E-state index in [9.17, 15) is 4.79 Å². The molecule has 4 aromatic rings. The summed E-state index contributed by atoms with van der Waals surface area (Å²) >= 11 is 0. The molecule has 6 rings (SSSR count). The Morgan fingerprint density at radius 2 is 1.72 bits per heavy atom. The third-order valence-corrected chi connectivity index (χ3v) is 7.18. The van der Waals surface area contributed by atoms with Gasteiger partial charge in [0.05, 0.1) is 11.3 Å². The number of aromatic nitrogens is 3. The number of ether oxygens (including phenoxy) is 1. The molecule has 2 aliphatic rings. The average molecular weight is 484 g/mol. The summed E-state index contributed by atoms with van der Waals surface area (Å²) in [4.78, 5) is 27.0. The SMILES string of the molecule is Nc1ncnc2c1c(-c1ccccc1OCc1ccccc1)cn2C1CC(C(=O)ON2CCCC2)C1. The number of benzene rings is 2. The predicted octanol–water partition coefficient (Wildman–Crippen LogP) is 4.76. The number of nitrogens with two attached hydrogens (primary N) is 1. The van der Waals surface area contributed by atoms with E-state index in [0.29, 0.717) is 25.3 Å². The van der Waals surface area contributed by atoms with E-state index in [1.807, 2.05) is 54.6 Å². The first-order chi connectivity index (χ1) is 17.7. The second-order valence-corrected chi connectivity index (χ2v) is 9.55. The number of rotatable bonds is 7. The first-order valence-electron chi connectivity index (χ1n) is 12.5. The van der Waals surface area contributed by atoms with Gasteiger partial charge in [-0.15, -0.1) is 5.06 Å². The van der Waals surface area contributed by atoms with Crippen molar-refractivity contribution < 1.29 is 14.4 Å². The lowest BCUT2D eigenvalue weighted by molar-refractivity contribution is -0.194. The van der Waals surface area contributed by atoms with Crippen LogP contribution in [0.3, 0.4) is 0 Å². The number of hydrogen-bond acceptors (Lipinski definition) is 7. The van der Waals surface area contributed by atoms with E-state index >= 15 is 0 Å². The van der Waals surface area contributed by atoms with Gasteiger partial charge >= 0.3 is 5.97 Å². The zero-order valence-corrected chi connectivity index (χ0v) is 20.0. The monoisotopic (exact) mass is 483 g/mol. The van der Waals surface area contributed by atoms with Crippen molar-refractivity contribution in [3.63, 3.8) is 0 Å². The molecule has 0 spiro atoms. The van der Waals surface area contributed by atoms with Crippen LogP contribution in [0.15, 0.2) is 67.1 Å². The third-order valence-electron chi connectivity index (χ3n) is 7.18. The molecular formula is C28H29N5O3. The van der Waals surface area contributed by atoms with Crippen LogP contribution in [0.1, 0.15) is 37.3 Å². The van der Waals surface area contributed by atoms with Crippen molar-refractivity contribution >= 4 is 22.8 Å². The minimum atomic E-state index is -0.126. The lowest BCUT2D eigenvalue weighted by Crippen LogP contribution is -2.36. The standard InChI is InChI=1S/C28H29N5O3/c29-26-25-23(22-10-4-5-11-24(22)35-17-19-8-2-1-3-9-19)16-33(27(25)31-18-30-26)21-14-20(15-21)28(34)36-32-12-6-7-13-32/h1-5,8-11,16,18,20-21H,6-7,12-15,17H2,(H2,29,30,31). The summed E-state index contributed by atoms with van der Waals surface area (Å²) in [5.74, 6) is 0.969. The number of hydroxylamine groups is 2. The van der Waals surface area contributed by atoms with Crippen LogP contribution >= 0.6 is 0 Å². The highest BCUT2D eigenvalue weighted by Crippen LogP contribution is 2.44. The summed E-state index contributed by atoms with van der Waals surface area (Å²) in [5, 5.41) is 2.59. The van der Waals surface area contributed by atoms with E-state index in [-0.39, 0.29) is 17.9 Å². The zero-order chi connectivity index (χ0) is 24.5. The van der Waals surface area contributed by atoms with E-state index in [4.69, 9.17) is 15.3 Å². The van der Waals surface area contributed by atoms with E-state index in [1.54, 1.807) is 5.06 Å². The predicted molar refractivity (Wildman–Crippen MR) is 137 cm³/mol. The van der Waals surface area contributed by atoms with Crippen molar-refractivity contribution in [2.45, 2.75) is 38.3 Å². The van der Waals surface area contributed by atoms with Gasteiger partial charge in [0.2, 0.25) is 0 Å². The normalized spacial score (nSPS) is 19.8. The third kappa shape index (κ3) is 4.28. The molecule has 8 nitrogen and oxygen atoms in total. The zero-order valence-electron chi connectivity index (χ0n) is 20.0. The van der Waals surface area contributed by atoms with Crippen molar-refractivity contribution in [3.8, 4) is 16.9 Å². The topological polar surface area (TPSA) is 95.5 Å². The van der Waals surface area contributed by atoms with Gasteiger partial charge in [-0.2, -0.15) is 0 Å². The second-order valence-electron chi connectivity index (χ2n) is 9.55. The van der Waals surface area contributed by atoms with Gasteiger partial charge in [-0.1, -0.05) is 48.5 Å². The van der Waals surface area contributed by atoms with Crippen LogP contribution in [0.4, 0.5) is 5.82 Å². The number of hydrogen-bond donors (Lipinski definition) is 1. The van der Waals surface area contributed by atoms with Crippen molar-refractivity contribution in [1.29, 1.82) is 0 Å². The summed E-state index contributed by atoms with van der Waals surface area (Å²) in [6.45, 7) is 2.12. The van der Waals surface area contributed by atoms with Crippen molar-refractivity contribution in [3.05, 3.63) is 72.7 Å². The van der Waals surface area contributed by atoms with E-state index in [1.165, 1.54) is 6.33 Å². The molecule has 0 bridgehead atoms. The lowest BCUT2D eigenvalue weighted by atomic mass is 9.80. The highest BCUT2D eigenvalue weighted by atomic mass is 16.7. The maximum atomic E-state index is 12.6. The van der Waals surface area contributed by atoms with Gasteiger partial charge in [-0.05, 0) is 37.3 Å². The van der Waals surface area contributed by atoms with Gasteiger partial charge in [0.25, 0.3) is 0 Å². The van der Waals surface area contributed by atoms with Crippen LogP contribution in [0.2, 0.25) is 0 Å². The summed E-state index contributed by atoms with van der Waals surface area (Å²) in [7, 11) is 0. The molecule has 36 heavy (non-hydrogen) atoms. The Balaban J connectivity index is 1.27. The number of carbonyl (C=O) groups excluding carboxylic acids is 1. The van der Waals surface area contributed by atoms with Gasteiger partial charge in [-0.25, -0.2) is 9.97 Å². The molecule has 1 aliphatic carbocycles. The van der Waals surface area contributed by atoms with Gasteiger partial charge in [-0.3, -0.25) is 4.79 Å². The fourth-order valence-electron chi connectivity index (χ4n) is 5.13. The second kappa shape index (κ2) is 9.62.